The second-order valence-electron chi connectivity index (χ2n) is 4.29. The van der Waals surface area contributed by atoms with E-state index in [1.807, 2.05) is 6.92 Å². The van der Waals surface area contributed by atoms with Crippen molar-refractivity contribution in [2.75, 3.05) is 0 Å². The molecule has 13 heavy (non-hydrogen) atoms. The van der Waals surface area contributed by atoms with Crippen molar-refractivity contribution in [3.63, 3.8) is 0 Å². The van der Waals surface area contributed by atoms with Gasteiger partial charge < -0.3 is 10.4 Å². The van der Waals surface area contributed by atoms with Crippen molar-refractivity contribution in [2.24, 2.45) is 5.92 Å². The Kier molecular flexibility index (Phi) is 4.40. The highest BCUT2D eigenvalue weighted by molar-refractivity contribution is 5.84. The van der Waals surface area contributed by atoms with Crippen molar-refractivity contribution < 1.29 is 9.90 Å². The molecule has 0 rings (SSSR count). The summed E-state index contributed by atoms with van der Waals surface area (Å²) in [5.74, 6) is 0.101. The average Bonchev–Trinajstić information content (AvgIpc) is 1.96. The molecule has 0 saturated heterocycles. The number of aliphatic hydroxyl groups is 1. The van der Waals surface area contributed by atoms with Gasteiger partial charge in [0.2, 0.25) is 0 Å². The van der Waals surface area contributed by atoms with Crippen molar-refractivity contribution in [3.8, 4) is 0 Å². The van der Waals surface area contributed by atoms with E-state index < -0.39 is 5.60 Å². The molecule has 0 fully saturated rings. The fourth-order valence-corrected chi connectivity index (χ4v) is 1.09. The molecule has 0 radical (unpaired) electrons. The van der Waals surface area contributed by atoms with Gasteiger partial charge in [0, 0.05) is 6.04 Å². The number of hydrogen-bond acceptors (Lipinski definition) is 2. The lowest BCUT2D eigenvalue weighted by Crippen LogP contribution is -2.48. The van der Waals surface area contributed by atoms with E-state index in [2.05, 4.69) is 19.2 Å². The summed E-state index contributed by atoms with van der Waals surface area (Å²) in [5.41, 5.74) is -1.28. The van der Waals surface area contributed by atoms with E-state index in [0.717, 1.165) is 6.42 Å². The predicted molar refractivity (Wildman–Crippen MR) is 53.4 cm³/mol. The molecule has 3 heteroatoms. The first-order valence-corrected chi connectivity index (χ1v) is 4.82. The van der Waals surface area contributed by atoms with Crippen LogP contribution in [0.3, 0.4) is 0 Å². The highest BCUT2D eigenvalue weighted by Crippen LogP contribution is 2.08. The Hall–Kier alpha value is -0.570. The van der Waals surface area contributed by atoms with Gasteiger partial charge in [-0.2, -0.15) is 0 Å². The van der Waals surface area contributed by atoms with E-state index in [1.165, 1.54) is 13.8 Å². The molecule has 1 unspecified atom stereocenters. The molecule has 0 aromatic carbocycles. The van der Waals surface area contributed by atoms with Crippen molar-refractivity contribution >= 4 is 5.91 Å². The second kappa shape index (κ2) is 4.61. The highest BCUT2D eigenvalue weighted by atomic mass is 16.3. The monoisotopic (exact) mass is 187 g/mol. The van der Waals surface area contributed by atoms with Crippen LogP contribution in [0.2, 0.25) is 0 Å². The molecule has 0 aliphatic heterocycles. The van der Waals surface area contributed by atoms with Crippen LogP contribution in [0.5, 0.6) is 0 Å². The Labute approximate surface area is 80.5 Å². The summed E-state index contributed by atoms with van der Waals surface area (Å²) in [6, 6.07) is 0.152. The Bertz CT molecular complexity index is 170. The van der Waals surface area contributed by atoms with Crippen LogP contribution >= 0.6 is 0 Å². The Morgan fingerprint density at radius 3 is 2.15 bits per heavy atom. The summed E-state index contributed by atoms with van der Waals surface area (Å²) in [7, 11) is 0. The largest absolute Gasteiger partial charge is 0.381 e. The first kappa shape index (κ1) is 12.4. The van der Waals surface area contributed by atoms with Crippen molar-refractivity contribution in [2.45, 2.75) is 52.7 Å². The number of amides is 1. The number of nitrogens with one attached hydrogen (secondary N) is 1. The number of carbonyl (C=O) groups excluding carboxylic acids is 1. The minimum atomic E-state index is -1.28. The van der Waals surface area contributed by atoms with Gasteiger partial charge in [0.1, 0.15) is 5.60 Å². The molecule has 2 N–H and O–H groups in total. The smallest absolute Gasteiger partial charge is 0.251 e. The minimum absolute atomic E-state index is 0.152. The zero-order chi connectivity index (χ0) is 10.6. The van der Waals surface area contributed by atoms with Crippen LogP contribution in [0.4, 0.5) is 0 Å². The van der Waals surface area contributed by atoms with Gasteiger partial charge in [-0.25, -0.2) is 0 Å². The molecule has 0 aliphatic carbocycles. The van der Waals surface area contributed by atoms with E-state index in [4.69, 9.17) is 0 Å². The second-order valence-corrected chi connectivity index (χ2v) is 4.29. The highest BCUT2D eigenvalue weighted by Gasteiger charge is 2.26. The summed E-state index contributed by atoms with van der Waals surface area (Å²) in [6.07, 6.45) is 0.888. The molecule has 3 nitrogen and oxygen atoms in total. The van der Waals surface area contributed by atoms with Crippen molar-refractivity contribution in [1.82, 2.24) is 5.32 Å². The number of carbonyl (C=O) groups is 1. The first-order valence-electron chi connectivity index (χ1n) is 4.82. The average molecular weight is 187 g/mol. The van der Waals surface area contributed by atoms with E-state index in [1.54, 1.807) is 0 Å². The van der Waals surface area contributed by atoms with E-state index in [9.17, 15) is 9.90 Å². The Morgan fingerprint density at radius 2 is 1.92 bits per heavy atom. The van der Waals surface area contributed by atoms with Crippen LogP contribution in [0.1, 0.15) is 41.0 Å². The standard InChI is InChI=1S/C10H21NO2/c1-6-8(7(2)3)11-9(12)10(4,5)13/h7-8,13H,6H2,1-5H3,(H,11,12). The van der Waals surface area contributed by atoms with Crippen LogP contribution in [0.15, 0.2) is 0 Å². The third-order valence-corrected chi connectivity index (χ3v) is 2.12. The molecular weight excluding hydrogens is 166 g/mol. The molecule has 0 aliphatic rings. The zero-order valence-electron chi connectivity index (χ0n) is 9.22. The molecule has 0 aromatic rings. The van der Waals surface area contributed by atoms with Gasteiger partial charge in [-0.1, -0.05) is 20.8 Å². The van der Waals surface area contributed by atoms with E-state index >= 15 is 0 Å². The van der Waals surface area contributed by atoms with Crippen LogP contribution in [0.25, 0.3) is 0 Å². The lowest BCUT2D eigenvalue weighted by molar-refractivity contribution is -0.137. The quantitative estimate of drug-likeness (QED) is 0.697. The Balaban J connectivity index is 4.18. The summed E-state index contributed by atoms with van der Waals surface area (Å²) in [4.78, 5) is 11.4. The van der Waals surface area contributed by atoms with Gasteiger partial charge in [0.25, 0.3) is 5.91 Å². The summed E-state index contributed by atoms with van der Waals surface area (Å²) < 4.78 is 0. The third kappa shape index (κ3) is 4.27. The SMILES string of the molecule is CCC(NC(=O)C(C)(C)O)C(C)C. The molecular formula is C10H21NO2. The van der Waals surface area contributed by atoms with E-state index in [-0.39, 0.29) is 11.9 Å². The van der Waals surface area contributed by atoms with E-state index in [0.29, 0.717) is 5.92 Å². The molecule has 78 valence electrons. The summed E-state index contributed by atoms with van der Waals surface area (Å²) in [5, 5.41) is 12.2. The molecule has 0 spiro atoms. The lowest BCUT2D eigenvalue weighted by atomic mass is 10.00. The topological polar surface area (TPSA) is 49.3 Å². The van der Waals surface area contributed by atoms with Crippen LogP contribution in [-0.4, -0.2) is 22.7 Å². The fraction of sp³-hybridized carbons (Fsp3) is 0.900. The molecule has 0 aromatic heterocycles. The Morgan fingerprint density at radius 1 is 1.46 bits per heavy atom. The maximum absolute atomic E-state index is 11.4. The van der Waals surface area contributed by atoms with Crippen LogP contribution < -0.4 is 5.32 Å². The van der Waals surface area contributed by atoms with Crippen LogP contribution in [-0.2, 0) is 4.79 Å². The summed E-state index contributed by atoms with van der Waals surface area (Å²) in [6.45, 7) is 9.12. The van der Waals surface area contributed by atoms with Gasteiger partial charge in [-0.05, 0) is 26.2 Å². The molecule has 0 bridgehead atoms. The van der Waals surface area contributed by atoms with Crippen molar-refractivity contribution in [3.05, 3.63) is 0 Å². The van der Waals surface area contributed by atoms with Gasteiger partial charge >= 0.3 is 0 Å². The predicted octanol–water partition coefficient (Wildman–Crippen LogP) is 1.31. The van der Waals surface area contributed by atoms with Crippen LogP contribution in [0, 0.1) is 5.92 Å². The maximum atomic E-state index is 11.4. The maximum Gasteiger partial charge on any atom is 0.251 e. The van der Waals surface area contributed by atoms with Gasteiger partial charge in [-0.3, -0.25) is 4.79 Å². The molecule has 0 heterocycles. The molecule has 1 amide bonds. The lowest BCUT2D eigenvalue weighted by Gasteiger charge is -2.25. The first-order chi connectivity index (χ1) is 5.79. The van der Waals surface area contributed by atoms with Gasteiger partial charge in [0.15, 0.2) is 0 Å². The summed E-state index contributed by atoms with van der Waals surface area (Å²) >= 11 is 0. The van der Waals surface area contributed by atoms with Gasteiger partial charge in [0.05, 0.1) is 0 Å². The molecule has 0 saturated carbocycles. The van der Waals surface area contributed by atoms with Gasteiger partial charge in [-0.15, -0.1) is 0 Å². The number of hydrogen-bond donors (Lipinski definition) is 2. The fourth-order valence-electron chi connectivity index (χ4n) is 1.09. The van der Waals surface area contributed by atoms with Crippen molar-refractivity contribution in [1.29, 1.82) is 0 Å². The zero-order valence-corrected chi connectivity index (χ0v) is 9.22. The normalized spacial score (nSPS) is 14.4. The third-order valence-electron chi connectivity index (χ3n) is 2.12. The molecule has 1 atom stereocenters. The minimum Gasteiger partial charge on any atom is -0.381 e. The number of rotatable bonds is 4.